The summed E-state index contributed by atoms with van der Waals surface area (Å²) in [6.45, 7) is 1.95. The fraction of sp³-hybridized carbons (Fsp3) is 0.100. The molecule has 0 saturated carbocycles. The maximum absolute atomic E-state index is 13.6. The molecule has 0 fully saturated rings. The van der Waals surface area contributed by atoms with Crippen LogP contribution in [-0.4, -0.2) is 82.7 Å². The van der Waals surface area contributed by atoms with Crippen LogP contribution in [0.2, 0.25) is 0 Å². The Labute approximate surface area is 525 Å². The van der Waals surface area contributed by atoms with E-state index in [0.29, 0.717) is 11.1 Å². The zero-order chi connectivity index (χ0) is 66.2. The maximum atomic E-state index is 13.6. The van der Waals surface area contributed by atoms with Crippen molar-refractivity contribution in [2.45, 2.75) is 33.1 Å². The molecule has 10 rings (SSSR count). The first-order valence-corrected chi connectivity index (χ1v) is 34.0. The number of phenols is 2. The molecule has 0 aliphatic heterocycles. The number of azo groups is 4. The van der Waals surface area contributed by atoms with Crippen molar-refractivity contribution in [1.29, 1.82) is 0 Å². The van der Waals surface area contributed by atoms with Gasteiger partial charge in [0.1, 0.15) is 37.6 Å². The number of nitrogen functional groups attached to an aromatic ring is 2. The van der Waals surface area contributed by atoms with Crippen molar-refractivity contribution in [3.05, 3.63) is 173 Å². The molecule has 0 bridgehead atoms. The smallest absolute Gasteiger partial charge is 0.299 e. The molecule has 0 unspecified atom stereocenters. The maximum Gasteiger partial charge on any atom is 0.299 e. The summed E-state index contributed by atoms with van der Waals surface area (Å²) >= 11 is 0. The molecule has 0 saturated heterocycles. The van der Waals surface area contributed by atoms with Crippen molar-refractivity contribution < 1.29 is 74.0 Å². The van der Waals surface area contributed by atoms with Gasteiger partial charge in [-0.25, -0.2) is 0 Å². The van der Waals surface area contributed by atoms with Gasteiger partial charge in [-0.1, -0.05) is 66.7 Å². The predicted molar refractivity (Wildman–Crippen MR) is 344 cm³/mol. The first kappa shape index (κ1) is 65.1. The fourth-order valence-electron chi connectivity index (χ4n) is 9.86. The lowest BCUT2D eigenvalue weighted by Crippen LogP contribution is -2.05. The van der Waals surface area contributed by atoms with Crippen molar-refractivity contribution in [1.82, 2.24) is 0 Å². The average molecular weight is 1340 g/mol. The van der Waals surface area contributed by atoms with Crippen LogP contribution in [0.4, 0.5) is 56.9 Å². The standard InChI is InChI=1S/C60H50N10O17S5/c1-33-7-5-8-35-14-18-41(27-44(33)35)63-67-50-23-21-48(61)55-46(50)26-39(32-89(76,77)78)57(59(55)71)69-65-40-17-13-34(38(25-40)31-88(73,74)75)11-12-37-16-20-43(29-53(37)91(81,82)86-3)66-70-58-54(92(83,84)87-4)30-47-51(24-22-49(62)56(47)60(58)72)68-64-42-19-15-36-9-6-10-52(45(36)28-42)90(79,80)85-2/h5-30,71-72H,31-32,61-62H2,1-4H3,(H,73,74,75)(H,76,77,78)/b12-11+,67-63?,68-64?,69-65?,70-66?. The second-order valence-electron chi connectivity index (χ2n) is 20.2. The van der Waals surface area contributed by atoms with Gasteiger partial charge >= 0.3 is 0 Å². The van der Waals surface area contributed by atoms with Gasteiger partial charge in [0.2, 0.25) is 0 Å². The van der Waals surface area contributed by atoms with E-state index in [-0.39, 0.29) is 93.9 Å². The van der Waals surface area contributed by atoms with Crippen molar-refractivity contribution >= 4 is 163 Å². The van der Waals surface area contributed by atoms with Gasteiger partial charge in [-0.05, 0) is 136 Å². The second-order valence-corrected chi connectivity index (χ2v) is 28.1. The largest absolute Gasteiger partial charge is 0.505 e. The predicted octanol–water partition coefficient (Wildman–Crippen LogP) is 13.8. The Hall–Kier alpha value is -9.87. The van der Waals surface area contributed by atoms with E-state index in [0.717, 1.165) is 49.8 Å². The SMILES string of the molecule is COS(=O)(=O)c1cc(N=Nc2c(S(=O)(=O)OC)cc3c(N=Nc4ccc5cccc(S(=O)(=O)OC)c5c4)ccc(N)c3c2O)ccc1/C=C/c1ccc(N=Nc2c(CS(=O)(=O)O)cc3c(N=Nc4ccc5cccc(C)c5c4)ccc(N)c3c2O)cc1CS(=O)(=O)O. The van der Waals surface area contributed by atoms with E-state index in [2.05, 4.69) is 40.9 Å². The Balaban J connectivity index is 0.978. The van der Waals surface area contributed by atoms with Crippen LogP contribution in [0.25, 0.3) is 55.2 Å². The van der Waals surface area contributed by atoms with Crippen molar-refractivity contribution in [3.8, 4) is 11.5 Å². The lowest BCUT2D eigenvalue weighted by atomic mass is 10.0. The third-order valence-electron chi connectivity index (χ3n) is 14.3. The van der Waals surface area contributed by atoms with Crippen LogP contribution in [0.1, 0.15) is 27.8 Å². The number of nitrogens with two attached hydrogens (primary N) is 2. The van der Waals surface area contributed by atoms with Gasteiger partial charge in [0.15, 0.2) is 11.5 Å². The van der Waals surface area contributed by atoms with E-state index >= 15 is 0 Å². The highest BCUT2D eigenvalue weighted by Crippen LogP contribution is 2.49. The van der Waals surface area contributed by atoms with E-state index in [9.17, 15) is 61.4 Å². The number of anilines is 2. The summed E-state index contributed by atoms with van der Waals surface area (Å²) in [5, 5.41) is 59.8. The van der Waals surface area contributed by atoms with E-state index in [1.54, 1.807) is 24.3 Å². The number of aryl methyl sites for hydroxylation is 1. The highest BCUT2D eigenvalue weighted by molar-refractivity contribution is 7.87. The Kier molecular flexibility index (Phi) is 18.0. The molecule has 0 spiro atoms. The molecule has 8 N–H and O–H groups in total. The number of benzene rings is 10. The third kappa shape index (κ3) is 13.9. The summed E-state index contributed by atoms with van der Waals surface area (Å²) in [7, 11) is -20.4. The van der Waals surface area contributed by atoms with Gasteiger partial charge in [-0.15, -0.1) is 20.5 Å². The highest BCUT2D eigenvalue weighted by atomic mass is 32.2. The molecule has 0 amide bonds. The molecule has 92 heavy (non-hydrogen) atoms. The van der Waals surface area contributed by atoms with Crippen molar-refractivity contribution in [2.75, 3.05) is 32.8 Å². The number of nitrogens with zero attached hydrogens (tertiary/aromatic N) is 8. The topological polar surface area (TPSA) is 430 Å². The number of fused-ring (bicyclic) bond motifs is 4. The first-order chi connectivity index (χ1) is 43.5. The van der Waals surface area contributed by atoms with Gasteiger partial charge in [0, 0.05) is 33.1 Å². The lowest BCUT2D eigenvalue weighted by molar-refractivity contribution is 0.396. The number of aromatic hydroxyl groups is 2. The van der Waals surface area contributed by atoms with Gasteiger partial charge in [0.05, 0.1) is 66.2 Å². The van der Waals surface area contributed by atoms with Crippen LogP contribution < -0.4 is 11.5 Å². The Morgan fingerprint density at radius 3 is 1.45 bits per heavy atom. The van der Waals surface area contributed by atoms with Gasteiger partial charge < -0.3 is 21.7 Å². The van der Waals surface area contributed by atoms with Gasteiger partial charge in [-0.2, -0.15) is 62.5 Å². The summed E-state index contributed by atoms with van der Waals surface area (Å²) < 4.78 is 164. The molecule has 472 valence electrons. The van der Waals surface area contributed by atoms with Crippen LogP contribution in [0.3, 0.4) is 0 Å². The molecule has 0 radical (unpaired) electrons. The second kappa shape index (κ2) is 25.4. The lowest BCUT2D eigenvalue weighted by Gasteiger charge is -2.13. The quantitative estimate of drug-likeness (QED) is 0.0136. The van der Waals surface area contributed by atoms with Crippen LogP contribution in [-0.2, 0) is 74.6 Å². The highest BCUT2D eigenvalue weighted by Gasteiger charge is 2.28. The molecule has 0 atom stereocenters. The Morgan fingerprint density at radius 1 is 0.413 bits per heavy atom. The normalized spacial score (nSPS) is 13.1. The summed E-state index contributed by atoms with van der Waals surface area (Å²) in [4.78, 5) is -1.42. The Morgan fingerprint density at radius 2 is 0.859 bits per heavy atom. The summed E-state index contributed by atoms with van der Waals surface area (Å²) in [5.41, 5.74) is 12.5. The molecule has 27 nitrogen and oxygen atoms in total. The minimum absolute atomic E-state index is 0.0147. The number of hydrogen-bond acceptors (Lipinski definition) is 25. The van der Waals surface area contributed by atoms with Crippen LogP contribution in [0.5, 0.6) is 11.5 Å². The zero-order valence-corrected chi connectivity index (χ0v) is 52.4. The molecule has 0 heterocycles. The molecule has 10 aromatic rings. The molecule has 0 aliphatic rings. The summed E-state index contributed by atoms with van der Waals surface area (Å²) in [5.74, 6) is -3.59. The van der Waals surface area contributed by atoms with Crippen molar-refractivity contribution in [2.24, 2.45) is 40.9 Å². The fourth-order valence-corrected chi connectivity index (χ4v) is 13.7. The minimum atomic E-state index is -4.81. The van der Waals surface area contributed by atoms with E-state index in [4.69, 9.17) is 24.0 Å². The average Bonchev–Trinajstić information content (AvgIpc) is 0.783. The molecule has 32 heteroatoms. The summed E-state index contributed by atoms with van der Waals surface area (Å²) in [6.07, 6.45) is 2.52. The summed E-state index contributed by atoms with van der Waals surface area (Å²) in [6, 6.07) is 35.7. The third-order valence-corrected chi connectivity index (χ3v) is 19.6. The van der Waals surface area contributed by atoms with Crippen molar-refractivity contribution in [3.63, 3.8) is 0 Å². The van der Waals surface area contributed by atoms with E-state index < -0.39 is 94.8 Å². The minimum Gasteiger partial charge on any atom is -0.505 e. The van der Waals surface area contributed by atoms with E-state index in [1.807, 2.05) is 37.3 Å². The first-order valence-electron chi connectivity index (χ1n) is 26.6. The van der Waals surface area contributed by atoms with Gasteiger partial charge in [0.25, 0.3) is 50.6 Å². The molecule has 0 aliphatic carbocycles. The monoisotopic (exact) mass is 1340 g/mol. The van der Waals surface area contributed by atoms with E-state index in [1.165, 1.54) is 91.0 Å². The zero-order valence-electron chi connectivity index (χ0n) is 48.3. The Bertz CT molecular complexity index is 5500. The molecule has 0 aromatic heterocycles. The number of rotatable bonds is 20. The molecule has 10 aromatic carbocycles. The van der Waals surface area contributed by atoms with Crippen LogP contribution in [0.15, 0.2) is 201 Å². The van der Waals surface area contributed by atoms with Crippen LogP contribution >= 0.6 is 0 Å². The number of phenolic OH excluding ortho intramolecular Hbond substituents is 2. The molecular weight excluding hydrogens is 1290 g/mol. The van der Waals surface area contributed by atoms with Gasteiger partial charge in [-0.3, -0.25) is 21.7 Å². The molecular formula is C60H50N10O17S5. The number of hydrogen-bond donors (Lipinski definition) is 6. The van der Waals surface area contributed by atoms with Crippen LogP contribution in [0, 0.1) is 6.92 Å².